The second-order valence-electron chi connectivity index (χ2n) is 6.29. The third-order valence-corrected chi connectivity index (χ3v) is 4.48. The van der Waals surface area contributed by atoms with Gasteiger partial charge in [-0.15, -0.1) is 12.4 Å². The SMILES string of the molecule is CC1(C(=O)NCCC(=O)N2CCCCC2)CCCNC1.Cl. The Bertz CT molecular complexity index is 351. The molecule has 2 fully saturated rings. The van der Waals surface area contributed by atoms with Crippen LogP contribution in [0.1, 0.15) is 45.4 Å². The fourth-order valence-corrected chi connectivity index (χ4v) is 3.05. The zero-order valence-corrected chi connectivity index (χ0v) is 13.8. The zero-order chi connectivity index (χ0) is 14.4. The van der Waals surface area contributed by atoms with Crippen LogP contribution in [0.25, 0.3) is 0 Å². The first-order chi connectivity index (χ1) is 9.62. The lowest BCUT2D eigenvalue weighted by molar-refractivity contribution is -0.133. The second kappa shape index (κ2) is 8.59. The Labute approximate surface area is 133 Å². The lowest BCUT2D eigenvalue weighted by atomic mass is 9.82. The van der Waals surface area contributed by atoms with Gasteiger partial charge in [0.05, 0.1) is 5.41 Å². The van der Waals surface area contributed by atoms with E-state index in [9.17, 15) is 9.59 Å². The molecule has 6 heteroatoms. The van der Waals surface area contributed by atoms with Crippen LogP contribution in [-0.2, 0) is 9.59 Å². The van der Waals surface area contributed by atoms with Gasteiger partial charge in [0.1, 0.15) is 0 Å². The van der Waals surface area contributed by atoms with Gasteiger partial charge in [-0.1, -0.05) is 0 Å². The van der Waals surface area contributed by atoms with Gasteiger partial charge in [0.2, 0.25) is 11.8 Å². The molecular formula is C15H28ClN3O2. The van der Waals surface area contributed by atoms with Crippen molar-refractivity contribution in [1.29, 1.82) is 0 Å². The minimum absolute atomic E-state index is 0. The molecule has 2 saturated heterocycles. The molecule has 21 heavy (non-hydrogen) atoms. The van der Waals surface area contributed by atoms with Crippen LogP contribution in [-0.4, -0.2) is 49.4 Å². The van der Waals surface area contributed by atoms with Crippen molar-refractivity contribution in [3.05, 3.63) is 0 Å². The van der Waals surface area contributed by atoms with Crippen molar-refractivity contribution in [2.75, 3.05) is 32.7 Å². The third kappa shape index (κ3) is 5.15. The first kappa shape index (κ1) is 18.2. The molecule has 2 N–H and O–H groups in total. The molecule has 2 amide bonds. The van der Waals surface area contributed by atoms with Crippen molar-refractivity contribution < 1.29 is 9.59 Å². The average molecular weight is 318 g/mol. The summed E-state index contributed by atoms with van der Waals surface area (Å²) in [5.74, 6) is 0.257. The van der Waals surface area contributed by atoms with Gasteiger partial charge in [-0.2, -0.15) is 0 Å². The fourth-order valence-electron chi connectivity index (χ4n) is 3.05. The lowest BCUT2D eigenvalue weighted by Gasteiger charge is -2.32. The number of rotatable bonds is 4. The zero-order valence-electron chi connectivity index (χ0n) is 13.0. The standard InChI is InChI=1S/C15H27N3O2.ClH/c1-15(7-5-8-16-12-15)14(20)17-9-6-13(19)18-10-3-2-4-11-18;/h16H,2-12H2,1H3,(H,17,20);1H. The minimum Gasteiger partial charge on any atom is -0.355 e. The summed E-state index contributed by atoms with van der Waals surface area (Å²) < 4.78 is 0. The van der Waals surface area contributed by atoms with E-state index < -0.39 is 0 Å². The molecule has 0 aromatic rings. The Morgan fingerprint density at radius 1 is 1.19 bits per heavy atom. The molecule has 1 unspecified atom stereocenters. The van der Waals surface area contributed by atoms with Gasteiger partial charge in [-0.25, -0.2) is 0 Å². The number of nitrogens with one attached hydrogen (secondary N) is 2. The van der Waals surface area contributed by atoms with Crippen LogP contribution < -0.4 is 10.6 Å². The molecule has 122 valence electrons. The number of hydrogen-bond acceptors (Lipinski definition) is 3. The van der Waals surface area contributed by atoms with Gasteiger partial charge in [0, 0.05) is 32.6 Å². The van der Waals surface area contributed by atoms with Gasteiger partial charge in [-0.3, -0.25) is 9.59 Å². The molecule has 0 aromatic heterocycles. The van der Waals surface area contributed by atoms with Gasteiger partial charge < -0.3 is 15.5 Å². The summed E-state index contributed by atoms with van der Waals surface area (Å²) in [5.41, 5.74) is -0.313. The molecule has 0 aromatic carbocycles. The lowest BCUT2D eigenvalue weighted by Crippen LogP contribution is -2.49. The molecule has 2 aliphatic heterocycles. The molecule has 0 radical (unpaired) electrons. The number of nitrogens with zero attached hydrogens (tertiary/aromatic N) is 1. The van der Waals surface area contributed by atoms with E-state index in [2.05, 4.69) is 10.6 Å². The van der Waals surface area contributed by atoms with E-state index in [1.165, 1.54) is 6.42 Å². The van der Waals surface area contributed by atoms with Crippen molar-refractivity contribution in [2.45, 2.75) is 45.4 Å². The van der Waals surface area contributed by atoms with Crippen LogP contribution in [0.3, 0.4) is 0 Å². The number of piperidine rings is 2. The number of likely N-dealkylation sites (tertiary alicyclic amines) is 1. The molecule has 1 atom stereocenters. The summed E-state index contributed by atoms with van der Waals surface area (Å²) in [6.07, 6.45) is 5.84. The molecule has 2 heterocycles. The Morgan fingerprint density at radius 2 is 1.90 bits per heavy atom. The topological polar surface area (TPSA) is 61.4 Å². The van der Waals surface area contributed by atoms with Crippen molar-refractivity contribution in [3.63, 3.8) is 0 Å². The molecule has 0 bridgehead atoms. The molecule has 2 aliphatic rings. The monoisotopic (exact) mass is 317 g/mol. The number of carbonyl (C=O) groups excluding carboxylic acids is 2. The normalized spacial score (nSPS) is 25.9. The highest BCUT2D eigenvalue weighted by molar-refractivity contribution is 5.85. The highest BCUT2D eigenvalue weighted by Crippen LogP contribution is 2.25. The highest BCUT2D eigenvalue weighted by Gasteiger charge is 2.34. The Hall–Kier alpha value is -0.810. The average Bonchev–Trinajstić information content (AvgIpc) is 2.48. The molecule has 0 saturated carbocycles. The van der Waals surface area contributed by atoms with Crippen LogP contribution in [0.2, 0.25) is 0 Å². The molecule has 5 nitrogen and oxygen atoms in total. The fraction of sp³-hybridized carbons (Fsp3) is 0.867. The Balaban J connectivity index is 0.00000220. The van der Waals surface area contributed by atoms with E-state index in [4.69, 9.17) is 0 Å². The van der Waals surface area contributed by atoms with Crippen LogP contribution in [0.4, 0.5) is 0 Å². The summed E-state index contributed by atoms with van der Waals surface area (Å²) in [7, 11) is 0. The summed E-state index contributed by atoms with van der Waals surface area (Å²) in [5, 5.41) is 6.21. The van der Waals surface area contributed by atoms with Crippen LogP contribution in [0.15, 0.2) is 0 Å². The number of halogens is 1. The van der Waals surface area contributed by atoms with Gasteiger partial charge in [0.25, 0.3) is 0 Å². The van der Waals surface area contributed by atoms with E-state index in [1.807, 2.05) is 11.8 Å². The van der Waals surface area contributed by atoms with E-state index in [0.29, 0.717) is 13.0 Å². The van der Waals surface area contributed by atoms with Crippen LogP contribution >= 0.6 is 12.4 Å². The maximum Gasteiger partial charge on any atom is 0.227 e. The molecule has 2 rings (SSSR count). The van der Waals surface area contributed by atoms with Crippen molar-refractivity contribution >= 4 is 24.2 Å². The quantitative estimate of drug-likeness (QED) is 0.822. The predicted molar refractivity (Wildman–Crippen MR) is 85.5 cm³/mol. The van der Waals surface area contributed by atoms with E-state index >= 15 is 0 Å². The summed E-state index contributed by atoms with van der Waals surface area (Å²) in [6, 6.07) is 0. The Morgan fingerprint density at radius 3 is 2.52 bits per heavy atom. The van der Waals surface area contributed by atoms with E-state index in [1.54, 1.807) is 0 Å². The smallest absolute Gasteiger partial charge is 0.227 e. The van der Waals surface area contributed by atoms with Crippen molar-refractivity contribution in [2.24, 2.45) is 5.41 Å². The van der Waals surface area contributed by atoms with E-state index in [-0.39, 0.29) is 29.6 Å². The van der Waals surface area contributed by atoms with Crippen molar-refractivity contribution in [3.8, 4) is 0 Å². The minimum atomic E-state index is -0.313. The predicted octanol–water partition coefficient (Wildman–Crippen LogP) is 1.32. The van der Waals surface area contributed by atoms with Gasteiger partial charge in [-0.05, 0) is 45.6 Å². The van der Waals surface area contributed by atoms with Crippen LogP contribution in [0, 0.1) is 5.41 Å². The molecule has 0 aliphatic carbocycles. The molecular weight excluding hydrogens is 290 g/mol. The number of hydrogen-bond donors (Lipinski definition) is 2. The van der Waals surface area contributed by atoms with Crippen molar-refractivity contribution in [1.82, 2.24) is 15.5 Å². The second-order valence-corrected chi connectivity index (χ2v) is 6.29. The first-order valence-corrected chi connectivity index (χ1v) is 7.89. The first-order valence-electron chi connectivity index (χ1n) is 7.89. The van der Waals surface area contributed by atoms with Gasteiger partial charge >= 0.3 is 0 Å². The Kier molecular flexibility index (Phi) is 7.46. The maximum absolute atomic E-state index is 12.2. The maximum atomic E-state index is 12.2. The number of amides is 2. The van der Waals surface area contributed by atoms with Gasteiger partial charge in [0.15, 0.2) is 0 Å². The summed E-state index contributed by atoms with van der Waals surface area (Å²) in [4.78, 5) is 26.1. The van der Waals surface area contributed by atoms with Crippen LogP contribution in [0.5, 0.6) is 0 Å². The highest BCUT2D eigenvalue weighted by atomic mass is 35.5. The van der Waals surface area contributed by atoms with E-state index in [0.717, 1.165) is 51.9 Å². The summed E-state index contributed by atoms with van der Waals surface area (Å²) >= 11 is 0. The number of carbonyl (C=O) groups is 2. The third-order valence-electron chi connectivity index (χ3n) is 4.48. The summed E-state index contributed by atoms with van der Waals surface area (Å²) in [6.45, 7) is 5.96. The molecule has 0 spiro atoms. The largest absolute Gasteiger partial charge is 0.355 e.